The minimum atomic E-state index is -0.441. The average Bonchev–Trinajstić information content (AvgIpc) is 2.54. The summed E-state index contributed by atoms with van der Waals surface area (Å²) in [5.74, 6) is -0.131. The monoisotopic (exact) mass is 296 g/mol. The van der Waals surface area contributed by atoms with Crippen molar-refractivity contribution in [2.24, 2.45) is 0 Å². The number of benzene rings is 2. The minimum Gasteiger partial charge on any atom is -0.489 e. The first kappa shape index (κ1) is 16.0. The topological polar surface area (TPSA) is 43.4 Å². The van der Waals surface area contributed by atoms with Crippen LogP contribution in [0.25, 0.3) is 0 Å². The van der Waals surface area contributed by atoms with Gasteiger partial charge >= 0.3 is 0 Å². The van der Waals surface area contributed by atoms with Gasteiger partial charge in [-0.05, 0) is 49.2 Å². The molecule has 0 amide bonds. The molecule has 0 aliphatic carbocycles. The fourth-order valence-corrected chi connectivity index (χ4v) is 2.14. The lowest BCUT2D eigenvalue weighted by Gasteiger charge is -2.10. The van der Waals surface area contributed by atoms with E-state index in [4.69, 9.17) is 4.74 Å². The zero-order valence-electron chi connectivity index (χ0n) is 13.2. The molecule has 3 heteroatoms. The predicted molar refractivity (Wildman–Crippen MR) is 86.3 cm³/mol. The lowest BCUT2D eigenvalue weighted by Crippen LogP contribution is -2.12. The molecule has 114 valence electrons. The molecule has 0 atom stereocenters. The van der Waals surface area contributed by atoms with Gasteiger partial charge < -0.3 is 4.74 Å². The van der Waals surface area contributed by atoms with Crippen molar-refractivity contribution in [2.75, 3.05) is 0 Å². The summed E-state index contributed by atoms with van der Waals surface area (Å²) in [7, 11) is 0. The first-order chi connectivity index (χ1) is 10.5. The van der Waals surface area contributed by atoms with Gasteiger partial charge in [0, 0.05) is 12.0 Å². The Bertz CT molecular complexity index is 684. The molecule has 0 aliphatic rings. The van der Waals surface area contributed by atoms with Gasteiger partial charge in [0.1, 0.15) is 12.4 Å². The highest BCUT2D eigenvalue weighted by atomic mass is 16.5. The van der Waals surface area contributed by atoms with Gasteiger partial charge in [0.25, 0.3) is 0 Å². The molecule has 0 heterocycles. The summed E-state index contributed by atoms with van der Waals surface area (Å²) < 4.78 is 5.75. The third-order valence-electron chi connectivity index (χ3n) is 3.59. The fraction of sp³-hybridized carbons (Fsp3) is 0.263. The Balaban J connectivity index is 2.04. The van der Waals surface area contributed by atoms with Crippen LogP contribution in [0, 0.1) is 13.8 Å². The van der Waals surface area contributed by atoms with Crippen LogP contribution in [0.4, 0.5) is 0 Å². The molecule has 2 aromatic rings. The number of carbonyl (C=O) groups is 2. The third-order valence-corrected chi connectivity index (χ3v) is 3.59. The van der Waals surface area contributed by atoms with E-state index in [-0.39, 0.29) is 12.2 Å². The number of ketones is 2. The molecule has 0 saturated heterocycles. The summed E-state index contributed by atoms with van der Waals surface area (Å²) in [5.41, 5.74) is 3.93. The molecule has 0 unspecified atom stereocenters. The maximum Gasteiger partial charge on any atom is 0.228 e. The number of carbonyl (C=O) groups excluding carboxylic acids is 2. The zero-order valence-corrected chi connectivity index (χ0v) is 13.2. The van der Waals surface area contributed by atoms with E-state index < -0.39 is 5.78 Å². The predicted octanol–water partition coefficient (Wildman–Crippen LogP) is 4.04. The van der Waals surface area contributed by atoms with Crippen LogP contribution in [0.1, 0.15) is 40.4 Å². The number of ether oxygens (including phenoxy) is 1. The first-order valence-corrected chi connectivity index (χ1v) is 7.37. The molecule has 0 radical (unpaired) electrons. The second-order valence-corrected chi connectivity index (χ2v) is 5.35. The van der Waals surface area contributed by atoms with Crippen molar-refractivity contribution in [3.63, 3.8) is 0 Å². The van der Waals surface area contributed by atoms with Gasteiger partial charge in [-0.15, -0.1) is 0 Å². The van der Waals surface area contributed by atoms with Crippen molar-refractivity contribution < 1.29 is 14.3 Å². The van der Waals surface area contributed by atoms with Crippen molar-refractivity contribution >= 4 is 11.6 Å². The van der Waals surface area contributed by atoms with E-state index in [1.807, 2.05) is 6.92 Å². The molecule has 3 nitrogen and oxygen atoms in total. The van der Waals surface area contributed by atoms with Gasteiger partial charge in [-0.1, -0.05) is 30.7 Å². The molecule has 22 heavy (non-hydrogen) atoms. The highest BCUT2D eigenvalue weighted by Gasteiger charge is 2.13. The number of Topliss-reactive ketones (excluding diaryl/α,β-unsaturated/α-hetero) is 2. The molecule has 0 bridgehead atoms. The van der Waals surface area contributed by atoms with Gasteiger partial charge in [0.05, 0.1) is 0 Å². The Kier molecular flexibility index (Phi) is 5.10. The summed E-state index contributed by atoms with van der Waals surface area (Å²) in [4.78, 5) is 23.2. The smallest absolute Gasteiger partial charge is 0.228 e. The van der Waals surface area contributed by atoms with Gasteiger partial charge in [-0.2, -0.15) is 0 Å². The maximum absolute atomic E-state index is 11.8. The van der Waals surface area contributed by atoms with E-state index in [0.29, 0.717) is 17.9 Å². The normalized spacial score (nSPS) is 10.3. The fourth-order valence-electron chi connectivity index (χ4n) is 2.14. The van der Waals surface area contributed by atoms with E-state index in [1.165, 1.54) is 11.1 Å². The van der Waals surface area contributed by atoms with Crippen molar-refractivity contribution in [1.29, 1.82) is 0 Å². The standard InChI is InChI=1S/C19H20O3/c1-4-18(20)19(21)15-7-9-17(10-8-15)22-12-16-11-13(2)5-6-14(16)3/h5-11H,4,12H2,1-3H3. The molecule has 2 rings (SSSR count). The Morgan fingerprint density at radius 1 is 1.00 bits per heavy atom. The van der Waals surface area contributed by atoms with Crippen LogP contribution in [-0.4, -0.2) is 11.6 Å². The Morgan fingerprint density at radius 2 is 1.68 bits per heavy atom. The zero-order chi connectivity index (χ0) is 16.1. The Morgan fingerprint density at radius 3 is 2.32 bits per heavy atom. The van der Waals surface area contributed by atoms with Crippen LogP contribution in [0.5, 0.6) is 5.75 Å². The van der Waals surface area contributed by atoms with Crippen LogP contribution >= 0.6 is 0 Å². The molecule has 0 N–H and O–H groups in total. The van der Waals surface area contributed by atoms with E-state index in [2.05, 4.69) is 25.1 Å². The third kappa shape index (κ3) is 3.82. The van der Waals surface area contributed by atoms with Gasteiger partial charge in [-0.3, -0.25) is 9.59 Å². The summed E-state index contributed by atoms with van der Waals surface area (Å²) in [6.07, 6.45) is 0.226. The number of aryl methyl sites for hydroxylation is 2. The molecule has 0 fully saturated rings. The van der Waals surface area contributed by atoms with E-state index in [9.17, 15) is 9.59 Å². The molecule has 0 aromatic heterocycles. The maximum atomic E-state index is 11.8. The van der Waals surface area contributed by atoms with Crippen LogP contribution in [0.2, 0.25) is 0 Å². The molecule has 0 saturated carbocycles. The van der Waals surface area contributed by atoms with Crippen LogP contribution in [0.3, 0.4) is 0 Å². The van der Waals surface area contributed by atoms with E-state index in [1.54, 1.807) is 31.2 Å². The minimum absolute atomic E-state index is 0.226. The number of hydrogen-bond donors (Lipinski definition) is 0. The number of rotatable bonds is 6. The summed E-state index contributed by atoms with van der Waals surface area (Å²) in [6.45, 7) is 6.26. The second kappa shape index (κ2) is 7.03. The summed E-state index contributed by atoms with van der Waals surface area (Å²) >= 11 is 0. The van der Waals surface area contributed by atoms with Crippen molar-refractivity contribution in [3.05, 3.63) is 64.7 Å². The van der Waals surface area contributed by atoms with E-state index in [0.717, 1.165) is 5.56 Å². The molecular weight excluding hydrogens is 276 g/mol. The summed E-state index contributed by atoms with van der Waals surface area (Å²) in [5, 5.41) is 0. The molecule has 0 aliphatic heterocycles. The first-order valence-electron chi connectivity index (χ1n) is 7.37. The van der Waals surface area contributed by atoms with Crippen LogP contribution in [0.15, 0.2) is 42.5 Å². The van der Waals surface area contributed by atoms with Crippen molar-refractivity contribution in [1.82, 2.24) is 0 Å². The molecule has 2 aromatic carbocycles. The SMILES string of the molecule is CCC(=O)C(=O)c1ccc(OCc2cc(C)ccc2C)cc1. The molecular formula is C19H20O3. The lowest BCUT2D eigenvalue weighted by atomic mass is 10.1. The highest BCUT2D eigenvalue weighted by molar-refractivity contribution is 6.43. The largest absolute Gasteiger partial charge is 0.489 e. The van der Waals surface area contributed by atoms with Crippen LogP contribution < -0.4 is 4.74 Å². The van der Waals surface area contributed by atoms with E-state index >= 15 is 0 Å². The van der Waals surface area contributed by atoms with Gasteiger partial charge in [0.2, 0.25) is 11.6 Å². The quantitative estimate of drug-likeness (QED) is 0.597. The number of hydrogen-bond acceptors (Lipinski definition) is 3. The Labute approximate surface area is 130 Å². The average molecular weight is 296 g/mol. The lowest BCUT2D eigenvalue weighted by molar-refractivity contribution is -0.114. The van der Waals surface area contributed by atoms with Gasteiger partial charge in [0.15, 0.2) is 0 Å². The van der Waals surface area contributed by atoms with Crippen molar-refractivity contribution in [3.8, 4) is 5.75 Å². The highest BCUT2D eigenvalue weighted by Crippen LogP contribution is 2.17. The second-order valence-electron chi connectivity index (χ2n) is 5.35. The summed E-state index contributed by atoms with van der Waals surface area (Å²) in [6, 6.07) is 13.0. The van der Waals surface area contributed by atoms with Gasteiger partial charge in [-0.25, -0.2) is 0 Å². The Hall–Kier alpha value is -2.42. The van der Waals surface area contributed by atoms with Crippen molar-refractivity contribution in [2.45, 2.75) is 33.8 Å². The van der Waals surface area contributed by atoms with Crippen LogP contribution in [-0.2, 0) is 11.4 Å². The molecule has 0 spiro atoms.